The zero-order chi connectivity index (χ0) is 19.0. The number of aryl methyl sites for hydroxylation is 1. The molecule has 0 radical (unpaired) electrons. The van der Waals surface area contributed by atoms with Gasteiger partial charge in [-0.15, -0.1) is 0 Å². The van der Waals surface area contributed by atoms with Crippen LogP contribution in [0, 0.1) is 12.7 Å². The molecule has 140 valence electrons. The van der Waals surface area contributed by atoms with Crippen LogP contribution in [0.5, 0.6) is 0 Å². The Labute approximate surface area is 156 Å². The van der Waals surface area contributed by atoms with Crippen molar-refractivity contribution in [1.29, 1.82) is 0 Å². The summed E-state index contributed by atoms with van der Waals surface area (Å²) in [5, 5.41) is 3.83. The third-order valence-electron chi connectivity index (χ3n) is 4.83. The van der Waals surface area contributed by atoms with Crippen LogP contribution in [0.1, 0.15) is 29.1 Å². The first-order valence-corrected chi connectivity index (χ1v) is 10.0. The molecule has 0 spiro atoms. The molecule has 8 heteroatoms. The Hall–Kier alpha value is -2.58. The normalized spacial score (nSPS) is 20.8. The van der Waals surface area contributed by atoms with Crippen molar-refractivity contribution in [1.82, 2.24) is 14.4 Å². The predicted molar refractivity (Wildman–Crippen MR) is 96.1 cm³/mol. The molecule has 0 unspecified atom stereocenters. The van der Waals surface area contributed by atoms with Crippen molar-refractivity contribution in [3.63, 3.8) is 0 Å². The van der Waals surface area contributed by atoms with Crippen molar-refractivity contribution in [2.45, 2.75) is 23.7 Å². The largest absolute Gasteiger partial charge is 0.339 e. The minimum Gasteiger partial charge on any atom is -0.339 e. The minimum atomic E-state index is -3.98. The summed E-state index contributed by atoms with van der Waals surface area (Å²) in [4.78, 5) is 3.98. The van der Waals surface area contributed by atoms with Gasteiger partial charge in [0.1, 0.15) is 10.7 Å². The molecular formula is C19H18FN3O3S. The van der Waals surface area contributed by atoms with E-state index < -0.39 is 15.8 Å². The maximum Gasteiger partial charge on any atom is 0.246 e. The van der Waals surface area contributed by atoms with Gasteiger partial charge in [0.05, 0.1) is 5.92 Å². The van der Waals surface area contributed by atoms with Crippen LogP contribution >= 0.6 is 0 Å². The van der Waals surface area contributed by atoms with Crippen LogP contribution in [0.4, 0.5) is 4.39 Å². The molecule has 3 aromatic rings. The van der Waals surface area contributed by atoms with E-state index in [2.05, 4.69) is 10.1 Å². The van der Waals surface area contributed by atoms with Crippen LogP contribution in [0.25, 0.3) is 0 Å². The highest BCUT2D eigenvalue weighted by Gasteiger charge is 2.43. The standard InChI is InChI=1S/C19H18FN3O3S/c1-13-21-19(26-22-13)16-12-23(11-15(16)14-7-3-2-4-8-14)27(24,25)18-10-6-5-9-17(18)20/h2-10,15-16H,11-12H2,1H3/t15-,16+/m1/s1. The first kappa shape index (κ1) is 17.8. The van der Waals surface area contributed by atoms with Gasteiger partial charge < -0.3 is 4.52 Å². The topological polar surface area (TPSA) is 76.3 Å². The Morgan fingerprint density at radius 3 is 2.37 bits per heavy atom. The summed E-state index contributed by atoms with van der Waals surface area (Å²) in [6.45, 7) is 2.08. The van der Waals surface area contributed by atoms with Gasteiger partial charge in [-0.25, -0.2) is 12.8 Å². The van der Waals surface area contributed by atoms with E-state index in [0.717, 1.165) is 11.6 Å². The summed E-state index contributed by atoms with van der Waals surface area (Å²) in [5.41, 5.74) is 0.976. The summed E-state index contributed by atoms with van der Waals surface area (Å²) in [6.07, 6.45) is 0. The van der Waals surface area contributed by atoms with E-state index >= 15 is 0 Å². The monoisotopic (exact) mass is 387 g/mol. The molecule has 1 fully saturated rings. The first-order valence-electron chi connectivity index (χ1n) is 8.56. The number of sulfonamides is 1. The van der Waals surface area contributed by atoms with Crippen LogP contribution < -0.4 is 0 Å². The summed E-state index contributed by atoms with van der Waals surface area (Å²) in [6, 6.07) is 15.0. The number of benzene rings is 2. The van der Waals surface area contributed by atoms with Crippen LogP contribution in [0.3, 0.4) is 0 Å². The Bertz CT molecular complexity index is 1050. The zero-order valence-corrected chi connectivity index (χ0v) is 15.4. The molecule has 0 aliphatic carbocycles. The lowest BCUT2D eigenvalue weighted by atomic mass is 9.89. The molecule has 1 saturated heterocycles. The maximum atomic E-state index is 14.1. The lowest BCUT2D eigenvalue weighted by Gasteiger charge is -2.17. The maximum absolute atomic E-state index is 14.1. The van der Waals surface area contributed by atoms with Crippen molar-refractivity contribution in [2.24, 2.45) is 0 Å². The molecule has 4 rings (SSSR count). The van der Waals surface area contributed by atoms with E-state index in [0.29, 0.717) is 11.7 Å². The highest BCUT2D eigenvalue weighted by Crippen LogP contribution is 2.41. The third-order valence-corrected chi connectivity index (χ3v) is 6.69. The summed E-state index contributed by atoms with van der Waals surface area (Å²) < 4.78 is 46.8. The number of rotatable bonds is 4. The molecule has 27 heavy (non-hydrogen) atoms. The molecule has 2 heterocycles. The highest BCUT2D eigenvalue weighted by atomic mass is 32.2. The molecule has 0 saturated carbocycles. The Morgan fingerprint density at radius 2 is 1.70 bits per heavy atom. The van der Waals surface area contributed by atoms with Gasteiger partial charge in [0, 0.05) is 19.0 Å². The van der Waals surface area contributed by atoms with Crippen molar-refractivity contribution < 1.29 is 17.3 Å². The van der Waals surface area contributed by atoms with E-state index in [9.17, 15) is 12.8 Å². The first-order chi connectivity index (χ1) is 13.0. The molecule has 0 bridgehead atoms. The Balaban J connectivity index is 1.73. The van der Waals surface area contributed by atoms with Gasteiger partial charge in [0.15, 0.2) is 5.82 Å². The fraction of sp³-hybridized carbons (Fsp3) is 0.263. The average Bonchev–Trinajstić information content (AvgIpc) is 3.29. The van der Waals surface area contributed by atoms with Gasteiger partial charge in [-0.3, -0.25) is 0 Å². The fourth-order valence-electron chi connectivity index (χ4n) is 3.51. The lowest BCUT2D eigenvalue weighted by molar-refractivity contribution is 0.345. The number of nitrogens with zero attached hydrogens (tertiary/aromatic N) is 3. The summed E-state index contributed by atoms with van der Waals surface area (Å²) in [7, 11) is -3.98. The van der Waals surface area contributed by atoms with Gasteiger partial charge in [-0.05, 0) is 24.6 Å². The fourth-order valence-corrected chi connectivity index (χ4v) is 5.07. The van der Waals surface area contributed by atoms with Crippen molar-refractivity contribution >= 4 is 10.0 Å². The predicted octanol–water partition coefficient (Wildman–Crippen LogP) is 3.09. The Kier molecular flexibility index (Phi) is 4.53. The SMILES string of the molecule is Cc1noc([C@H]2CN(S(=O)(=O)c3ccccc3F)C[C@@H]2c2ccccc2)n1. The Morgan fingerprint density at radius 1 is 1.04 bits per heavy atom. The number of hydrogen-bond donors (Lipinski definition) is 0. The van der Waals surface area contributed by atoms with E-state index in [1.807, 2.05) is 30.3 Å². The van der Waals surface area contributed by atoms with E-state index in [1.165, 1.54) is 22.5 Å². The van der Waals surface area contributed by atoms with Gasteiger partial charge in [0.2, 0.25) is 15.9 Å². The summed E-state index contributed by atoms with van der Waals surface area (Å²) >= 11 is 0. The second kappa shape index (κ2) is 6.86. The molecule has 1 aromatic heterocycles. The quantitative estimate of drug-likeness (QED) is 0.688. The van der Waals surface area contributed by atoms with Crippen LogP contribution in [0.2, 0.25) is 0 Å². The average molecular weight is 387 g/mol. The number of halogens is 1. The second-order valence-electron chi connectivity index (χ2n) is 6.56. The molecular weight excluding hydrogens is 369 g/mol. The lowest BCUT2D eigenvalue weighted by Crippen LogP contribution is -2.29. The molecule has 6 nitrogen and oxygen atoms in total. The van der Waals surface area contributed by atoms with E-state index in [4.69, 9.17) is 4.52 Å². The van der Waals surface area contributed by atoms with Crippen molar-refractivity contribution in [3.8, 4) is 0 Å². The van der Waals surface area contributed by atoms with Gasteiger partial charge >= 0.3 is 0 Å². The number of aromatic nitrogens is 2. The molecule has 0 amide bonds. The molecule has 1 aliphatic heterocycles. The third kappa shape index (κ3) is 3.26. The zero-order valence-electron chi connectivity index (χ0n) is 14.6. The van der Waals surface area contributed by atoms with Gasteiger partial charge in [0.25, 0.3) is 0 Å². The van der Waals surface area contributed by atoms with E-state index in [-0.39, 0.29) is 29.8 Å². The minimum absolute atomic E-state index is 0.151. The molecule has 2 atom stereocenters. The smallest absolute Gasteiger partial charge is 0.246 e. The van der Waals surface area contributed by atoms with Crippen LogP contribution in [-0.4, -0.2) is 36.0 Å². The molecule has 2 aromatic carbocycles. The van der Waals surface area contributed by atoms with Crippen LogP contribution in [0.15, 0.2) is 64.0 Å². The van der Waals surface area contributed by atoms with Gasteiger partial charge in [-0.2, -0.15) is 9.29 Å². The molecule has 1 aliphatic rings. The highest BCUT2D eigenvalue weighted by molar-refractivity contribution is 7.89. The number of hydrogen-bond acceptors (Lipinski definition) is 5. The van der Waals surface area contributed by atoms with Crippen molar-refractivity contribution in [3.05, 3.63) is 77.7 Å². The summed E-state index contributed by atoms with van der Waals surface area (Å²) in [5.74, 6) is -0.326. The van der Waals surface area contributed by atoms with E-state index in [1.54, 1.807) is 6.92 Å². The van der Waals surface area contributed by atoms with Crippen molar-refractivity contribution in [2.75, 3.05) is 13.1 Å². The van der Waals surface area contributed by atoms with Gasteiger partial charge in [-0.1, -0.05) is 47.6 Å². The van der Waals surface area contributed by atoms with Crippen LogP contribution in [-0.2, 0) is 10.0 Å². The second-order valence-corrected chi connectivity index (χ2v) is 8.46. The molecule has 0 N–H and O–H groups in total.